The van der Waals surface area contributed by atoms with Gasteiger partial charge in [0.2, 0.25) is 5.91 Å². The van der Waals surface area contributed by atoms with Crippen molar-refractivity contribution in [1.29, 1.82) is 0 Å². The third-order valence-electron chi connectivity index (χ3n) is 4.82. The molecule has 0 aliphatic heterocycles. The van der Waals surface area contributed by atoms with E-state index in [4.69, 9.17) is 9.47 Å². The predicted molar refractivity (Wildman–Crippen MR) is 128 cm³/mol. The first-order chi connectivity index (χ1) is 15.7. The second-order valence-electron chi connectivity index (χ2n) is 7.25. The van der Waals surface area contributed by atoms with Crippen molar-refractivity contribution in [3.05, 3.63) is 57.6 Å². The average Bonchev–Trinajstić information content (AvgIpc) is 2.78. The van der Waals surface area contributed by atoms with Gasteiger partial charge in [-0.1, -0.05) is 15.9 Å². The molecule has 0 aliphatic rings. The first-order valence-corrected chi connectivity index (χ1v) is 11.3. The summed E-state index contributed by atoms with van der Waals surface area (Å²) in [6, 6.07) is 9.94. The first-order valence-electron chi connectivity index (χ1n) is 10.5. The molecule has 8 nitrogen and oxygen atoms in total. The first kappa shape index (κ1) is 26.1. The van der Waals surface area contributed by atoms with Gasteiger partial charge in [0.1, 0.15) is 0 Å². The van der Waals surface area contributed by atoms with Crippen molar-refractivity contribution in [3.63, 3.8) is 0 Å². The topological polar surface area (TPSA) is 111 Å². The Morgan fingerprint density at radius 3 is 2.21 bits per heavy atom. The van der Waals surface area contributed by atoms with Gasteiger partial charge < -0.3 is 20.1 Å². The van der Waals surface area contributed by atoms with Crippen LogP contribution >= 0.6 is 15.9 Å². The lowest BCUT2D eigenvalue weighted by Gasteiger charge is -2.12. The lowest BCUT2D eigenvalue weighted by atomic mass is 10.1. The number of carbonyl (C=O) groups is 4. The maximum Gasteiger partial charge on any atom is 0.338 e. The van der Waals surface area contributed by atoms with E-state index in [0.717, 1.165) is 15.6 Å². The maximum atomic E-state index is 12.1. The molecule has 2 N–H and O–H groups in total. The highest BCUT2D eigenvalue weighted by Gasteiger charge is 2.12. The van der Waals surface area contributed by atoms with Crippen LogP contribution in [0.5, 0.6) is 0 Å². The standard InChI is InChI=1S/C24H27BrN2O6/c1-4-32-24(31)17-8-10-18(11-9-17)26-21(28)6-5-7-23(30)33-14-22(29)27-20-13-12-19(25)15(2)16(20)3/h8-13H,4-7,14H2,1-3H3,(H,26,28)(H,27,29). The average molecular weight is 519 g/mol. The summed E-state index contributed by atoms with van der Waals surface area (Å²) in [5.74, 6) is -1.69. The predicted octanol–water partition coefficient (Wildman–Crippen LogP) is 4.53. The minimum atomic E-state index is -0.555. The normalized spacial score (nSPS) is 10.3. The van der Waals surface area contributed by atoms with Crippen molar-refractivity contribution in [3.8, 4) is 0 Å². The number of halogens is 1. The van der Waals surface area contributed by atoms with Gasteiger partial charge in [-0.3, -0.25) is 14.4 Å². The number of rotatable bonds is 10. The number of anilines is 2. The lowest BCUT2D eigenvalue weighted by molar-refractivity contribution is -0.147. The minimum absolute atomic E-state index is 0.0128. The number of nitrogens with one attached hydrogen (secondary N) is 2. The molecule has 0 radical (unpaired) electrons. The summed E-state index contributed by atoms with van der Waals surface area (Å²) in [7, 11) is 0. The van der Waals surface area contributed by atoms with E-state index in [2.05, 4.69) is 26.6 Å². The third-order valence-corrected chi connectivity index (χ3v) is 5.68. The van der Waals surface area contributed by atoms with Crippen LogP contribution in [0.1, 0.15) is 47.7 Å². The van der Waals surface area contributed by atoms with Crippen molar-refractivity contribution in [2.75, 3.05) is 23.8 Å². The number of amides is 2. The smallest absolute Gasteiger partial charge is 0.338 e. The Hall–Kier alpha value is -3.20. The van der Waals surface area contributed by atoms with Gasteiger partial charge in [-0.2, -0.15) is 0 Å². The molecule has 33 heavy (non-hydrogen) atoms. The number of hydrogen-bond donors (Lipinski definition) is 2. The van der Waals surface area contributed by atoms with Crippen LogP contribution in [-0.2, 0) is 23.9 Å². The van der Waals surface area contributed by atoms with Crippen LogP contribution in [0.15, 0.2) is 40.9 Å². The Bertz CT molecular complexity index is 1020. The summed E-state index contributed by atoms with van der Waals surface area (Å²) >= 11 is 3.43. The van der Waals surface area contributed by atoms with Gasteiger partial charge in [0.15, 0.2) is 6.61 Å². The highest BCUT2D eigenvalue weighted by molar-refractivity contribution is 9.10. The summed E-state index contributed by atoms with van der Waals surface area (Å²) in [5, 5.41) is 5.42. The van der Waals surface area contributed by atoms with E-state index in [1.807, 2.05) is 19.9 Å². The molecule has 0 unspecified atom stereocenters. The Morgan fingerprint density at radius 1 is 0.848 bits per heavy atom. The Kier molecular flexibility index (Phi) is 10.1. The van der Waals surface area contributed by atoms with Gasteiger partial charge in [-0.25, -0.2) is 4.79 Å². The van der Waals surface area contributed by atoms with Gasteiger partial charge in [0.05, 0.1) is 12.2 Å². The summed E-state index contributed by atoms with van der Waals surface area (Å²) in [4.78, 5) is 47.6. The zero-order chi connectivity index (χ0) is 24.4. The molecule has 0 atom stereocenters. The van der Waals surface area contributed by atoms with E-state index in [9.17, 15) is 19.2 Å². The Labute approximate surface area is 201 Å². The molecule has 2 aromatic carbocycles. The van der Waals surface area contributed by atoms with Crippen LogP contribution in [0, 0.1) is 13.8 Å². The molecular formula is C24H27BrN2O6. The third kappa shape index (κ3) is 8.34. The number of benzene rings is 2. The highest BCUT2D eigenvalue weighted by Crippen LogP contribution is 2.25. The minimum Gasteiger partial charge on any atom is -0.462 e. The molecule has 2 amide bonds. The molecule has 176 valence electrons. The van der Waals surface area contributed by atoms with Gasteiger partial charge in [0.25, 0.3) is 5.91 Å². The molecule has 0 bridgehead atoms. The second kappa shape index (κ2) is 12.7. The molecule has 0 aromatic heterocycles. The number of hydrogen-bond acceptors (Lipinski definition) is 6. The largest absolute Gasteiger partial charge is 0.462 e. The lowest BCUT2D eigenvalue weighted by Crippen LogP contribution is -2.21. The van der Waals surface area contributed by atoms with Crippen molar-refractivity contribution >= 4 is 51.1 Å². The molecule has 0 saturated heterocycles. The monoisotopic (exact) mass is 518 g/mol. The second-order valence-corrected chi connectivity index (χ2v) is 8.11. The van der Waals surface area contributed by atoms with E-state index in [1.54, 1.807) is 37.3 Å². The summed E-state index contributed by atoms with van der Waals surface area (Å²) in [6.07, 6.45) is 0.398. The van der Waals surface area contributed by atoms with E-state index >= 15 is 0 Å². The maximum absolute atomic E-state index is 12.1. The van der Waals surface area contributed by atoms with E-state index in [1.165, 1.54) is 0 Å². The number of ether oxygens (including phenoxy) is 2. The van der Waals surface area contributed by atoms with E-state index in [-0.39, 0.29) is 31.8 Å². The van der Waals surface area contributed by atoms with Crippen LogP contribution in [0.3, 0.4) is 0 Å². The fourth-order valence-electron chi connectivity index (χ4n) is 2.85. The molecule has 0 spiro atoms. The van der Waals surface area contributed by atoms with Gasteiger partial charge in [-0.15, -0.1) is 0 Å². The quantitative estimate of drug-likeness (QED) is 0.447. The molecule has 0 aliphatic carbocycles. The highest BCUT2D eigenvalue weighted by atomic mass is 79.9. The molecule has 0 saturated carbocycles. The molecular weight excluding hydrogens is 492 g/mol. The fraction of sp³-hybridized carbons (Fsp3) is 0.333. The molecule has 9 heteroatoms. The zero-order valence-corrected chi connectivity index (χ0v) is 20.4. The Balaban J connectivity index is 1.68. The fourth-order valence-corrected chi connectivity index (χ4v) is 3.28. The van der Waals surface area contributed by atoms with E-state index in [0.29, 0.717) is 16.9 Å². The molecule has 2 aromatic rings. The van der Waals surface area contributed by atoms with Gasteiger partial charge >= 0.3 is 11.9 Å². The number of carbonyl (C=O) groups excluding carboxylic acids is 4. The Morgan fingerprint density at radius 2 is 1.55 bits per heavy atom. The van der Waals surface area contributed by atoms with Crippen LogP contribution in [0.2, 0.25) is 0 Å². The summed E-state index contributed by atoms with van der Waals surface area (Å²) in [6.45, 7) is 5.44. The van der Waals surface area contributed by atoms with Crippen molar-refractivity contribution in [2.24, 2.45) is 0 Å². The molecule has 0 heterocycles. The number of esters is 2. The van der Waals surface area contributed by atoms with Crippen LogP contribution < -0.4 is 10.6 Å². The van der Waals surface area contributed by atoms with E-state index < -0.39 is 24.5 Å². The van der Waals surface area contributed by atoms with Crippen molar-refractivity contribution in [2.45, 2.75) is 40.0 Å². The zero-order valence-electron chi connectivity index (χ0n) is 18.8. The van der Waals surface area contributed by atoms with Gasteiger partial charge in [-0.05, 0) is 74.7 Å². The summed E-state index contributed by atoms with van der Waals surface area (Å²) < 4.78 is 10.8. The van der Waals surface area contributed by atoms with Crippen molar-refractivity contribution in [1.82, 2.24) is 0 Å². The molecule has 2 rings (SSSR count). The van der Waals surface area contributed by atoms with Crippen molar-refractivity contribution < 1.29 is 28.7 Å². The van der Waals surface area contributed by atoms with Gasteiger partial charge in [0, 0.05) is 28.7 Å². The molecule has 0 fully saturated rings. The van der Waals surface area contributed by atoms with Crippen LogP contribution in [0.25, 0.3) is 0 Å². The van der Waals surface area contributed by atoms with Crippen LogP contribution in [-0.4, -0.2) is 37.0 Å². The summed E-state index contributed by atoms with van der Waals surface area (Å²) in [5.41, 5.74) is 3.52. The van der Waals surface area contributed by atoms with Crippen LogP contribution in [0.4, 0.5) is 11.4 Å². The SMILES string of the molecule is CCOC(=O)c1ccc(NC(=O)CCCC(=O)OCC(=O)Nc2ccc(Br)c(C)c2C)cc1.